The molecule has 2 heterocycles. The van der Waals surface area contributed by atoms with Crippen molar-refractivity contribution in [1.82, 2.24) is 19.7 Å². The fourth-order valence-corrected chi connectivity index (χ4v) is 5.86. The molecule has 1 saturated carbocycles. The van der Waals surface area contributed by atoms with Crippen molar-refractivity contribution in [2.45, 2.75) is 29.4 Å². The Morgan fingerprint density at radius 3 is 2.54 bits per heavy atom. The number of halogens is 1. The Hall–Kier alpha value is -3.92. The number of pyridine rings is 1. The van der Waals surface area contributed by atoms with Gasteiger partial charge in [0.25, 0.3) is 0 Å². The maximum absolute atomic E-state index is 15.2. The zero-order chi connectivity index (χ0) is 24.7. The molecule has 10 heteroatoms. The van der Waals surface area contributed by atoms with Crippen molar-refractivity contribution in [2.24, 2.45) is 7.05 Å². The fourth-order valence-electron chi connectivity index (χ4n) is 4.16. The molecule has 0 unspecified atom stereocenters. The number of aryl methyl sites for hydroxylation is 1. The molecule has 0 aliphatic heterocycles. The first-order valence-corrected chi connectivity index (χ1v) is 12.6. The molecule has 4 aromatic rings. The van der Waals surface area contributed by atoms with Crippen molar-refractivity contribution in [3.8, 4) is 22.6 Å². The first-order valence-electron chi connectivity index (χ1n) is 10.9. The average Bonchev–Trinajstić information content (AvgIpc) is 3.60. The molecule has 0 bridgehead atoms. The molecule has 5 rings (SSSR count). The number of carbonyl (C=O) groups is 1. The molecule has 0 radical (unpaired) electrons. The van der Waals surface area contributed by atoms with Gasteiger partial charge in [-0.05, 0) is 66.3 Å². The lowest BCUT2D eigenvalue weighted by molar-refractivity contribution is 0.0696. The molecule has 0 atom stereocenters. The summed E-state index contributed by atoms with van der Waals surface area (Å²) in [5.41, 5.74) is 1.70. The summed E-state index contributed by atoms with van der Waals surface area (Å²) >= 11 is 0. The van der Waals surface area contributed by atoms with Crippen LogP contribution in [0.1, 0.15) is 40.2 Å². The minimum absolute atomic E-state index is 0.00333. The van der Waals surface area contributed by atoms with Crippen LogP contribution in [0, 0.1) is 5.82 Å². The quantitative estimate of drug-likeness (QED) is 0.410. The zero-order valence-corrected chi connectivity index (χ0v) is 19.5. The third-order valence-electron chi connectivity index (χ3n) is 6.04. The highest BCUT2D eigenvalue weighted by Gasteiger charge is 2.32. The number of nitrogens with zero attached hydrogens (tertiary/aromatic N) is 4. The van der Waals surface area contributed by atoms with Gasteiger partial charge in [0.1, 0.15) is 12.1 Å². The number of carboxylic acid groups (broad SMARTS) is 1. The summed E-state index contributed by atoms with van der Waals surface area (Å²) in [5, 5.41) is 13.4. The van der Waals surface area contributed by atoms with E-state index in [1.165, 1.54) is 35.3 Å². The molecule has 1 fully saturated rings. The smallest absolute Gasteiger partial charge is 0.335 e. The number of hydrogen-bond donors (Lipinski definition) is 1. The van der Waals surface area contributed by atoms with Crippen LogP contribution in [0.15, 0.2) is 66.0 Å². The molecule has 1 aliphatic carbocycles. The van der Waals surface area contributed by atoms with E-state index in [1.807, 2.05) is 0 Å². The molecule has 178 valence electrons. The molecule has 1 N–H and O–H groups in total. The molecule has 35 heavy (non-hydrogen) atoms. The van der Waals surface area contributed by atoms with Crippen molar-refractivity contribution in [3.63, 3.8) is 0 Å². The first kappa shape index (κ1) is 22.9. The average molecular weight is 493 g/mol. The van der Waals surface area contributed by atoms with Crippen LogP contribution >= 0.6 is 0 Å². The number of hydrogen-bond acceptors (Lipinski definition) is 6. The maximum Gasteiger partial charge on any atom is 0.335 e. The van der Waals surface area contributed by atoms with E-state index < -0.39 is 27.4 Å². The van der Waals surface area contributed by atoms with E-state index in [0.29, 0.717) is 22.4 Å². The molecule has 0 saturated heterocycles. The minimum atomic E-state index is -4.00. The van der Waals surface area contributed by atoms with Crippen molar-refractivity contribution < 1.29 is 22.7 Å². The normalized spacial score (nSPS) is 13.7. The summed E-state index contributed by atoms with van der Waals surface area (Å²) in [6.07, 6.45) is 4.53. The van der Waals surface area contributed by atoms with E-state index >= 15 is 4.39 Å². The highest BCUT2D eigenvalue weighted by atomic mass is 32.2. The molecule has 0 spiro atoms. The predicted octanol–water partition coefficient (Wildman–Crippen LogP) is 4.23. The third-order valence-corrected chi connectivity index (χ3v) is 7.76. The van der Waals surface area contributed by atoms with Crippen molar-refractivity contribution in [3.05, 3.63) is 83.6 Å². The van der Waals surface area contributed by atoms with E-state index in [-0.39, 0.29) is 27.8 Å². The van der Waals surface area contributed by atoms with E-state index in [9.17, 15) is 18.3 Å². The van der Waals surface area contributed by atoms with Gasteiger partial charge >= 0.3 is 5.97 Å². The van der Waals surface area contributed by atoms with Gasteiger partial charge in [-0.1, -0.05) is 12.1 Å². The third kappa shape index (κ3) is 4.44. The molecule has 0 amide bonds. The minimum Gasteiger partial charge on any atom is -0.478 e. The molecular weight excluding hydrogens is 471 g/mol. The van der Waals surface area contributed by atoms with Crippen LogP contribution in [0.25, 0.3) is 22.6 Å². The fraction of sp³-hybridized carbons (Fsp3) is 0.200. The lowest BCUT2D eigenvalue weighted by Gasteiger charge is -2.15. The van der Waals surface area contributed by atoms with Gasteiger partial charge in [0.2, 0.25) is 0 Å². The standard InChI is InChI=1S/C25H21FN4O4S/c1-30-24(28-14-29-30)20-10-17(19(12-21(20)26)22-4-2-3-9-27-22)13-35(33,34)23-11-16(25(31)32)7-8-18(23)15-5-6-15/h2-4,7-12,14-15H,5-6,13H2,1H3,(H,31,32). The Labute approximate surface area is 201 Å². The van der Waals surface area contributed by atoms with Crippen molar-refractivity contribution in [2.75, 3.05) is 0 Å². The largest absolute Gasteiger partial charge is 0.478 e. The number of aromatic carboxylic acids is 1. The second kappa shape index (κ2) is 8.70. The Bertz CT molecular complexity index is 1550. The van der Waals surface area contributed by atoms with Crippen LogP contribution in [-0.4, -0.2) is 39.2 Å². The number of benzene rings is 2. The molecule has 2 aromatic heterocycles. The van der Waals surface area contributed by atoms with Crippen LogP contribution in [0.2, 0.25) is 0 Å². The number of sulfone groups is 1. The van der Waals surface area contributed by atoms with E-state index in [2.05, 4.69) is 15.1 Å². The summed E-state index contributed by atoms with van der Waals surface area (Å²) in [5.74, 6) is -1.92. The van der Waals surface area contributed by atoms with Crippen LogP contribution in [0.5, 0.6) is 0 Å². The van der Waals surface area contributed by atoms with Crippen LogP contribution in [0.4, 0.5) is 4.39 Å². The van der Waals surface area contributed by atoms with Gasteiger partial charge in [-0.15, -0.1) is 0 Å². The van der Waals surface area contributed by atoms with Crippen LogP contribution in [0.3, 0.4) is 0 Å². The highest BCUT2D eigenvalue weighted by Crippen LogP contribution is 2.44. The Kier molecular flexibility index (Phi) is 5.68. The number of aromatic nitrogens is 4. The van der Waals surface area contributed by atoms with Gasteiger partial charge in [0.05, 0.1) is 27.5 Å². The monoisotopic (exact) mass is 492 g/mol. The number of rotatable bonds is 7. The SMILES string of the molecule is Cn1ncnc1-c1cc(CS(=O)(=O)c2cc(C(=O)O)ccc2C2CC2)c(-c2ccccn2)cc1F. The molecule has 2 aromatic carbocycles. The Balaban J connectivity index is 1.67. The van der Waals surface area contributed by atoms with Gasteiger partial charge in [-0.25, -0.2) is 27.3 Å². The van der Waals surface area contributed by atoms with Gasteiger partial charge < -0.3 is 5.11 Å². The van der Waals surface area contributed by atoms with Crippen LogP contribution in [-0.2, 0) is 22.6 Å². The molecule has 8 nitrogen and oxygen atoms in total. The zero-order valence-electron chi connectivity index (χ0n) is 18.7. The van der Waals surface area contributed by atoms with E-state index in [4.69, 9.17) is 0 Å². The maximum atomic E-state index is 15.2. The van der Waals surface area contributed by atoms with Gasteiger partial charge in [-0.2, -0.15) is 5.10 Å². The van der Waals surface area contributed by atoms with E-state index in [0.717, 1.165) is 12.8 Å². The van der Waals surface area contributed by atoms with Crippen molar-refractivity contribution in [1.29, 1.82) is 0 Å². The predicted molar refractivity (Wildman–Crippen MR) is 126 cm³/mol. The summed E-state index contributed by atoms with van der Waals surface area (Å²) < 4.78 is 44.1. The summed E-state index contributed by atoms with van der Waals surface area (Å²) in [6, 6.07) is 12.1. The molecular formula is C25H21FN4O4S. The first-order chi connectivity index (χ1) is 16.7. The Morgan fingerprint density at radius 1 is 1.11 bits per heavy atom. The summed E-state index contributed by atoms with van der Waals surface area (Å²) in [7, 11) is -2.39. The second-order valence-corrected chi connectivity index (χ2v) is 10.5. The van der Waals surface area contributed by atoms with Crippen molar-refractivity contribution >= 4 is 15.8 Å². The topological polar surface area (TPSA) is 115 Å². The summed E-state index contributed by atoms with van der Waals surface area (Å²) in [6.45, 7) is 0. The van der Waals surface area contributed by atoms with Crippen LogP contribution < -0.4 is 0 Å². The second-order valence-electron chi connectivity index (χ2n) is 8.50. The lowest BCUT2D eigenvalue weighted by Crippen LogP contribution is -2.11. The van der Waals surface area contributed by atoms with Gasteiger partial charge in [0, 0.05) is 18.8 Å². The van der Waals surface area contributed by atoms with Gasteiger partial charge in [0.15, 0.2) is 15.7 Å². The Morgan fingerprint density at radius 2 is 1.91 bits per heavy atom. The van der Waals surface area contributed by atoms with E-state index in [1.54, 1.807) is 37.5 Å². The molecule has 1 aliphatic rings. The summed E-state index contributed by atoms with van der Waals surface area (Å²) in [4.78, 5) is 19.9. The van der Waals surface area contributed by atoms with Gasteiger partial charge in [-0.3, -0.25) is 4.98 Å². The number of carboxylic acids is 1. The highest BCUT2D eigenvalue weighted by molar-refractivity contribution is 7.90. The lowest BCUT2D eigenvalue weighted by atomic mass is 10.0.